The molecular formula is C8H11I3N2O2. The fourth-order valence-corrected chi connectivity index (χ4v) is 2.65. The summed E-state index contributed by atoms with van der Waals surface area (Å²) in [4.78, 5) is 26.4. The summed E-state index contributed by atoms with van der Waals surface area (Å²) < 4.78 is -0.0593. The van der Waals surface area contributed by atoms with Crippen LogP contribution in [0.4, 0.5) is 4.79 Å². The minimum Gasteiger partial charge on any atom is -0.312 e. The summed E-state index contributed by atoms with van der Waals surface area (Å²) in [5.41, 5.74) is 0. The van der Waals surface area contributed by atoms with Gasteiger partial charge in [-0.15, -0.1) is 0 Å². The summed E-state index contributed by atoms with van der Waals surface area (Å²) in [6.07, 6.45) is 0. The fourth-order valence-electron chi connectivity index (χ4n) is 1.41. The Hall–Kier alpha value is 1.13. The predicted octanol–water partition coefficient (Wildman–Crippen LogP) is 2.62. The maximum absolute atomic E-state index is 11.9. The molecule has 0 spiro atoms. The van der Waals surface area contributed by atoms with Gasteiger partial charge >= 0.3 is 6.03 Å². The van der Waals surface area contributed by atoms with Crippen LogP contribution in [0.25, 0.3) is 0 Å². The molecule has 1 rings (SSSR count). The van der Waals surface area contributed by atoms with E-state index in [0.717, 1.165) is 0 Å². The van der Waals surface area contributed by atoms with E-state index in [2.05, 4.69) is 67.8 Å². The molecule has 1 aliphatic rings. The zero-order valence-electron chi connectivity index (χ0n) is 8.34. The summed E-state index contributed by atoms with van der Waals surface area (Å²) in [6, 6.07) is -0.216. The molecule has 0 atom stereocenters. The fraction of sp³-hybridized carbons (Fsp3) is 0.750. The van der Waals surface area contributed by atoms with Crippen molar-refractivity contribution in [3.8, 4) is 0 Å². The van der Waals surface area contributed by atoms with Gasteiger partial charge in [-0.25, -0.2) is 4.79 Å². The van der Waals surface area contributed by atoms with Gasteiger partial charge in [0.1, 0.15) is 5.98 Å². The highest BCUT2D eigenvalue weighted by Crippen LogP contribution is 2.37. The maximum Gasteiger partial charge on any atom is 0.327 e. The number of carbonyl (C=O) groups excluding carboxylic acids is 2. The van der Waals surface area contributed by atoms with Crippen molar-refractivity contribution in [1.29, 1.82) is 0 Å². The number of carbonyl (C=O) groups is 2. The summed E-state index contributed by atoms with van der Waals surface area (Å²) in [7, 11) is 0. The highest BCUT2D eigenvalue weighted by molar-refractivity contribution is 14.3. The second kappa shape index (κ2) is 5.19. The Kier molecular flexibility index (Phi) is 4.91. The Morgan fingerprint density at radius 2 is 1.87 bits per heavy atom. The zero-order valence-corrected chi connectivity index (χ0v) is 14.8. The summed E-state index contributed by atoms with van der Waals surface area (Å²) >= 11 is 6.77. The third kappa shape index (κ3) is 3.82. The molecule has 0 radical (unpaired) electrons. The number of alkyl halides is 3. The molecule has 0 unspecified atom stereocenters. The molecule has 1 fully saturated rings. The van der Waals surface area contributed by atoms with E-state index < -0.39 is 0 Å². The third-order valence-corrected chi connectivity index (χ3v) is 2.98. The van der Waals surface area contributed by atoms with Crippen LogP contribution in [0, 0.1) is 0 Å². The van der Waals surface area contributed by atoms with E-state index in [1.165, 1.54) is 4.90 Å². The van der Waals surface area contributed by atoms with Gasteiger partial charge in [0.25, 0.3) is 5.91 Å². The van der Waals surface area contributed by atoms with Gasteiger partial charge in [0.15, 0.2) is 0 Å². The number of amides is 3. The van der Waals surface area contributed by atoms with Crippen LogP contribution in [0.1, 0.15) is 13.8 Å². The molecule has 3 amide bonds. The first-order valence-electron chi connectivity index (χ1n) is 4.40. The molecule has 0 aromatic carbocycles. The lowest BCUT2D eigenvalue weighted by molar-refractivity contribution is -0.126. The predicted molar refractivity (Wildman–Crippen MR) is 83.7 cm³/mol. The minimum absolute atomic E-state index is 0.0537. The van der Waals surface area contributed by atoms with Crippen LogP contribution < -0.4 is 0 Å². The first kappa shape index (κ1) is 14.2. The monoisotopic (exact) mass is 548 g/mol. The number of hydrogen-bond donors (Lipinski definition) is 0. The molecule has 0 bridgehead atoms. The molecule has 1 heterocycles. The van der Waals surface area contributed by atoms with E-state index in [0.29, 0.717) is 6.54 Å². The van der Waals surface area contributed by atoms with E-state index in [1.54, 1.807) is 4.90 Å². The Labute approximate surface area is 130 Å². The lowest BCUT2D eigenvalue weighted by Gasteiger charge is -2.23. The summed E-state index contributed by atoms with van der Waals surface area (Å²) in [5.74, 6) is -0.0940. The van der Waals surface area contributed by atoms with Crippen molar-refractivity contribution >= 4 is 79.7 Å². The Bertz CT molecular complexity index is 288. The Morgan fingerprint density at radius 3 is 2.20 bits per heavy atom. The summed E-state index contributed by atoms with van der Waals surface area (Å²) in [5, 5.41) is 0. The van der Waals surface area contributed by atoms with E-state index in [1.807, 2.05) is 13.8 Å². The van der Waals surface area contributed by atoms with Crippen molar-refractivity contribution in [3.63, 3.8) is 0 Å². The topological polar surface area (TPSA) is 40.6 Å². The molecule has 0 aliphatic carbocycles. The standard InChI is InChI=1S/C8H11I3N2O2/c1-5(2)13-6(14)3-12(7(13)15)4-8(9,10)11/h5H,3-4H2,1-2H3. The van der Waals surface area contributed by atoms with Crippen LogP contribution in [0.2, 0.25) is 0 Å². The molecule has 7 heteroatoms. The third-order valence-electron chi connectivity index (χ3n) is 1.96. The second-order valence-electron chi connectivity index (χ2n) is 3.61. The van der Waals surface area contributed by atoms with Gasteiger partial charge in [0.2, 0.25) is 0 Å². The van der Waals surface area contributed by atoms with E-state index in [9.17, 15) is 9.59 Å². The molecule has 0 saturated carbocycles. The van der Waals surface area contributed by atoms with Crippen LogP contribution in [0.3, 0.4) is 0 Å². The molecule has 1 aliphatic heterocycles. The van der Waals surface area contributed by atoms with Crippen molar-refractivity contribution < 1.29 is 9.59 Å². The number of hydrogen-bond acceptors (Lipinski definition) is 2. The van der Waals surface area contributed by atoms with E-state index in [4.69, 9.17) is 0 Å². The van der Waals surface area contributed by atoms with Gasteiger partial charge in [0, 0.05) is 6.04 Å². The molecule has 1 saturated heterocycles. The van der Waals surface area contributed by atoms with Crippen molar-refractivity contribution in [2.24, 2.45) is 0 Å². The molecule has 0 aromatic rings. The number of imide groups is 1. The second-order valence-corrected chi connectivity index (χ2v) is 15.3. The zero-order chi connectivity index (χ0) is 11.8. The largest absolute Gasteiger partial charge is 0.327 e. The van der Waals surface area contributed by atoms with Gasteiger partial charge in [-0.3, -0.25) is 9.69 Å². The number of rotatable bonds is 3. The van der Waals surface area contributed by atoms with Crippen molar-refractivity contribution in [1.82, 2.24) is 9.80 Å². The number of halogens is 3. The van der Waals surface area contributed by atoms with Gasteiger partial charge in [-0.1, -0.05) is 67.8 Å². The minimum atomic E-state index is -0.163. The van der Waals surface area contributed by atoms with Gasteiger partial charge in [-0.05, 0) is 13.8 Å². The summed E-state index contributed by atoms with van der Waals surface area (Å²) in [6.45, 7) is 4.51. The molecule has 4 nitrogen and oxygen atoms in total. The van der Waals surface area contributed by atoms with Gasteiger partial charge < -0.3 is 4.90 Å². The van der Waals surface area contributed by atoms with Crippen LogP contribution in [0.5, 0.6) is 0 Å². The van der Waals surface area contributed by atoms with Crippen LogP contribution in [0.15, 0.2) is 0 Å². The molecule has 86 valence electrons. The van der Waals surface area contributed by atoms with E-state index in [-0.39, 0.29) is 24.0 Å². The highest BCUT2D eigenvalue weighted by atomic mass is 127. The maximum atomic E-state index is 11.9. The highest BCUT2D eigenvalue weighted by Gasteiger charge is 2.39. The SMILES string of the molecule is CC(C)N1C(=O)CN(CC(I)(I)I)C1=O. The molecule has 0 aromatic heterocycles. The Morgan fingerprint density at radius 1 is 1.33 bits per heavy atom. The number of nitrogens with zero attached hydrogens (tertiary/aromatic N) is 2. The van der Waals surface area contributed by atoms with Crippen molar-refractivity contribution in [3.05, 3.63) is 0 Å². The van der Waals surface area contributed by atoms with Crippen molar-refractivity contribution in [2.45, 2.75) is 19.3 Å². The molecule has 15 heavy (non-hydrogen) atoms. The van der Waals surface area contributed by atoms with Gasteiger partial charge in [0.05, 0.1) is 6.54 Å². The Balaban J connectivity index is 2.74. The average Bonchev–Trinajstić information content (AvgIpc) is 2.23. The van der Waals surface area contributed by atoms with Gasteiger partial charge in [-0.2, -0.15) is 0 Å². The molecular weight excluding hydrogens is 537 g/mol. The van der Waals surface area contributed by atoms with Crippen LogP contribution >= 0.6 is 67.8 Å². The smallest absolute Gasteiger partial charge is 0.312 e. The first-order valence-corrected chi connectivity index (χ1v) is 7.63. The lowest BCUT2D eigenvalue weighted by Crippen LogP contribution is -2.39. The first-order chi connectivity index (χ1) is 6.72. The quantitative estimate of drug-likeness (QED) is 0.310. The molecule has 0 N–H and O–H groups in total. The van der Waals surface area contributed by atoms with E-state index >= 15 is 0 Å². The van der Waals surface area contributed by atoms with Crippen LogP contribution in [-0.4, -0.2) is 40.3 Å². The van der Waals surface area contributed by atoms with Crippen molar-refractivity contribution in [2.75, 3.05) is 13.1 Å². The lowest BCUT2D eigenvalue weighted by atomic mass is 10.3. The average molecular weight is 548 g/mol. The van der Waals surface area contributed by atoms with Crippen LogP contribution in [-0.2, 0) is 4.79 Å². The normalized spacial score (nSPS) is 18.3. The number of urea groups is 1.